The number of aliphatic carboxylic acids is 2. The van der Waals surface area contributed by atoms with Crippen LogP contribution in [0.3, 0.4) is 0 Å². The van der Waals surface area contributed by atoms with Gasteiger partial charge in [0.05, 0.1) is 27.1 Å². The summed E-state index contributed by atoms with van der Waals surface area (Å²) in [6.07, 6.45) is -0.552. The standard InChI is InChI=1S/C22H28N2O8S/c1-31-17-7-3-15(4-8-17)21(23-13-11-19(25)26)33(29,30)22(24-14-12-20(27)28)16-5-9-18(32-2)10-6-16/h3-10,21-24H,11-14H2,1-2H3,(H,25,26)(H,27,28). The second-order valence-electron chi connectivity index (χ2n) is 7.09. The number of rotatable bonds is 14. The van der Waals surface area contributed by atoms with Crippen LogP contribution in [0.1, 0.15) is 34.7 Å². The first-order valence-corrected chi connectivity index (χ1v) is 11.7. The first kappa shape index (κ1) is 26.1. The van der Waals surface area contributed by atoms with Gasteiger partial charge in [-0.2, -0.15) is 0 Å². The van der Waals surface area contributed by atoms with Crippen LogP contribution in [0.15, 0.2) is 48.5 Å². The molecule has 0 saturated carbocycles. The minimum Gasteiger partial charge on any atom is -0.497 e. The van der Waals surface area contributed by atoms with E-state index < -0.39 is 32.5 Å². The fourth-order valence-electron chi connectivity index (χ4n) is 3.16. The van der Waals surface area contributed by atoms with E-state index in [2.05, 4.69) is 10.6 Å². The minimum absolute atomic E-state index is 0.0876. The second-order valence-corrected chi connectivity index (χ2v) is 9.21. The van der Waals surface area contributed by atoms with Gasteiger partial charge in [0.1, 0.15) is 22.2 Å². The number of benzene rings is 2. The molecule has 0 radical (unpaired) electrons. The molecule has 0 aliphatic heterocycles. The van der Waals surface area contributed by atoms with Crippen LogP contribution in [0.25, 0.3) is 0 Å². The Kier molecular flexibility index (Phi) is 9.64. The quantitative estimate of drug-likeness (QED) is 0.316. The molecule has 10 nitrogen and oxygen atoms in total. The number of nitrogens with one attached hydrogen (secondary N) is 2. The van der Waals surface area contributed by atoms with Crippen LogP contribution in [0, 0.1) is 0 Å². The lowest BCUT2D eigenvalue weighted by Gasteiger charge is -2.27. The van der Waals surface area contributed by atoms with Gasteiger partial charge in [0.2, 0.25) is 0 Å². The molecule has 0 spiro atoms. The van der Waals surface area contributed by atoms with Gasteiger partial charge in [-0.1, -0.05) is 24.3 Å². The Morgan fingerprint density at radius 2 is 1.09 bits per heavy atom. The van der Waals surface area contributed by atoms with Crippen molar-refractivity contribution in [2.45, 2.75) is 23.6 Å². The first-order valence-electron chi connectivity index (χ1n) is 10.1. The number of hydrogen-bond donors (Lipinski definition) is 4. The topological polar surface area (TPSA) is 151 Å². The SMILES string of the molecule is COc1ccc(C(NCCC(=O)O)S(=O)(=O)C(NCCC(=O)O)c2ccc(OC)cc2)cc1. The maximum Gasteiger partial charge on any atom is 0.304 e. The summed E-state index contributed by atoms with van der Waals surface area (Å²) in [5, 5.41) is 21.1. The van der Waals surface area contributed by atoms with Crippen LogP contribution in [0.4, 0.5) is 0 Å². The number of hydrogen-bond acceptors (Lipinski definition) is 8. The Balaban J connectivity index is 2.46. The summed E-state index contributed by atoms with van der Waals surface area (Å²) in [7, 11) is -1.12. The van der Waals surface area contributed by atoms with Gasteiger partial charge in [-0.3, -0.25) is 20.2 Å². The van der Waals surface area contributed by atoms with Crippen LogP contribution in [-0.2, 0) is 19.4 Å². The molecule has 2 aromatic carbocycles. The number of methoxy groups -OCH3 is 2. The van der Waals surface area contributed by atoms with Crippen molar-refractivity contribution in [2.24, 2.45) is 0 Å². The highest BCUT2D eigenvalue weighted by Crippen LogP contribution is 2.32. The zero-order valence-corrected chi connectivity index (χ0v) is 19.2. The molecule has 0 aromatic heterocycles. The van der Waals surface area contributed by atoms with Crippen LogP contribution in [-0.4, -0.2) is 57.9 Å². The highest BCUT2D eigenvalue weighted by Gasteiger charge is 2.36. The largest absolute Gasteiger partial charge is 0.497 e. The van der Waals surface area contributed by atoms with E-state index >= 15 is 0 Å². The molecule has 0 fully saturated rings. The molecule has 2 aromatic rings. The van der Waals surface area contributed by atoms with Crippen molar-refractivity contribution in [3.63, 3.8) is 0 Å². The Hall–Kier alpha value is -3.15. The van der Waals surface area contributed by atoms with Crippen molar-refractivity contribution < 1.29 is 37.7 Å². The molecule has 0 amide bonds. The van der Waals surface area contributed by atoms with Gasteiger partial charge in [-0.15, -0.1) is 0 Å². The molecule has 180 valence electrons. The Morgan fingerprint density at radius 1 is 0.758 bits per heavy atom. The predicted molar refractivity (Wildman–Crippen MR) is 121 cm³/mol. The van der Waals surface area contributed by atoms with Gasteiger partial charge < -0.3 is 19.7 Å². The zero-order chi connectivity index (χ0) is 24.4. The zero-order valence-electron chi connectivity index (χ0n) is 18.4. The second kappa shape index (κ2) is 12.2. The molecule has 0 aliphatic rings. The number of carboxylic acids is 2. The Morgan fingerprint density at radius 3 is 1.36 bits per heavy atom. The van der Waals surface area contributed by atoms with Gasteiger partial charge in [-0.25, -0.2) is 8.42 Å². The average molecular weight is 481 g/mol. The number of ether oxygens (including phenoxy) is 2. The van der Waals surface area contributed by atoms with Crippen molar-refractivity contribution >= 4 is 21.8 Å². The van der Waals surface area contributed by atoms with Gasteiger partial charge in [-0.05, 0) is 35.4 Å². The average Bonchev–Trinajstić information content (AvgIpc) is 2.79. The summed E-state index contributed by atoms with van der Waals surface area (Å²) >= 11 is 0. The molecule has 0 saturated heterocycles. The summed E-state index contributed by atoms with van der Waals surface area (Å²) in [5.41, 5.74) is 0.777. The molecule has 2 unspecified atom stereocenters. The molecule has 0 bridgehead atoms. The Bertz CT molecular complexity index is 946. The van der Waals surface area contributed by atoms with E-state index in [1.807, 2.05) is 0 Å². The fraction of sp³-hybridized carbons (Fsp3) is 0.364. The lowest BCUT2D eigenvalue weighted by molar-refractivity contribution is -0.137. The van der Waals surface area contributed by atoms with E-state index in [4.69, 9.17) is 19.7 Å². The molecule has 0 heterocycles. The van der Waals surface area contributed by atoms with Crippen molar-refractivity contribution in [1.82, 2.24) is 10.6 Å². The number of carbonyl (C=O) groups is 2. The highest BCUT2D eigenvalue weighted by atomic mass is 32.2. The normalized spacial score (nSPS) is 13.2. The minimum atomic E-state index is -4.09. The third-order valence-electron chi connectivity index (χ3n) is 4.83. The van der Waals surface area contributed by atoms with E-state index in [-0.39, 0.29) is 25.9 Å². The molecule has 4 N–H and O–H groups in total. The van der Waals surface area contributed by atoms with Gasteiger partial charge >= 0.3 is 11.9 Å². The van der Waals surface area contributed by atoms with Crippen molar-refractivity contribution in [3.8, 4) is 11.5 Å². The van der Waals surface area contributed by atoms with Crippen molar-refractivity contribution in [3.05, 3.63) is 59.7 Å². The summed E-state index contributed by atoms with van der Waals surface area (Å²) < 4.78 is 37.9. The maximum absolute atomic E-state index is 13.8. The van der Waals surface area contributed by atoms with Crippen molar-refractivity contribution in [1.29, 1.82) is 0 Å². The number of carboxylic acid groups (broad SMARTS) is 2. The van der Waals surface area contributed by atoms with E-state index in [0.717, 1.165) is 0 Å². The van der Waals surface area contributed by atoms with Gasteiger partial charge in [0.15, 0.2) is 9.84 Å². The van der Waals surface area contributed by atoms with Crippen LogP contribution >= 0.6 is 0 Å². The Labute approximate surface area is 192 Å². The summed E-state index contributed by atoms with van der Waals surface area (Å²) in [6, 6.07) is 12.8. The molecule has 33 heavy (non-hydrogen) atoms. The molecule has 2 atom stereocenters. The monoisotopic (exact) mass is 480 g/mol. The summed E-state index contributed by atoms with van der Waals surface area (Å²) in [4.78, 5) is 22.0. The predicted octanol–water partition coefficient (Wildman–Crippen LogP) is 1.94. The maximum atomic E-state index is 13.8. The van der Waals surface area contributed by atoms with Gasteiger partial charge in [0.25, 0.3) is 0 Å². The van der Waals surface area contributed by atoms with E-state index in [9.17, 15) is 18.0 Å². The van der Waals surface area contributed by atoms with E-state index in [0.29, 0.717) is 22.6 Å². The lowest BCUT2D eigenvalue weighted by Crippen LogP contribution is -2.39. The third-order valence-corrected chi connectivity index (χ3v) is 7.02. The van der Waals surface area contributed by atoms with E-state index in [1.165, 1.54) is 14.2 Å². The molecule has 2 rings (SSSR count). The number of sulfone groups is 1. The van der Waals surface area contributed by atoms with Crippen LogP contribution in [0.2, 0.25) is 0 Å². The van der Waals surface area contributed by atoms with E-state index in [1.54, 1.807) is 48.5 Å². The first-order chi connectivity index (χ1) is 15.7. The van der Waals surface area contributed by atoms with Crippen molar-refractivity contribution in [2.75, 3.05) is 27.3 Å². The molecule has 0 aliphatic carbocycles. The molecule has 11 heteroatoms. The van der Waals surface area contributed by atoms with Crippen LogP contribution < -0.4 is 20.1 Å². The van der Waals surface area contributed by atoms with Gasteiger partial charge in [0, 0.05) is 13.1 Å². The summed E-state index contributed by atoms with van der Waals surface area (Å²) in [6.45, 7) is -0.175. The smallest absolute Gasteiger partial charge is 0.304 e. The molecular weight excluding hydrogens is 452 g/mol. The molecular formula is C22H28N2O8S. The van der Waals surface area contributed by atoms with Crippen LogP contribution in [0.5, 0.6) is 11.5 Å². The lowest BCUT2D eigenvalue weighted by atomic mass is 10.2. The highest BCUT2D eigenvalue weighted by molar-refractivity contribution is 7.91. The summed E-state index contributed by atoms with van der Waals surface area (Å²) in [5.74, 6) is -1.07. The fourth-order valence-corrected chi connectivity index (χ4v) is 5.21. The third kappa shape index (κ3) is 7.45.